The highest BCUT2D eigenvalue weighted by Crippen LogP contribution is 2.07. The fourth-order valence-corrected chi connectivity index (χ4v) is 1.56. The molecule has 0 spiro atoms. The molecule has 0 aliphatic heterocycles. The summed E-state index contributed by atoms with van der Waals surface area (Å²) in [6.07, 6.45) is 1.85. The maximum atomic E-state index is 11.7. The highest BCUT2D eigenvalue weighted by molar-refractivity contribution is 5.76. The summed E-state index contributed by atoms with van der Waals surface area (Å²) in [4.78, 5) is 21.5. The molecule has 0 aliphatic carbocycles. The smallest absolute Gasteiger partial charge is 0.224 e. The predicted octanol–water partition coefficient (Wildman–Crippen LogP) is 0.433. The van der Waals surface area contributed by atoms with Crippen LogP contribution in [0.25, 0.3) is 0 Å². The molecule has 1 aromatic rings. The first kappa shape index (κ1) is 14.2. The monoisotopic (exact) mass is 252 g/mol. The first-order chi connectivity index (χ1) is 8.71. The average Bonchev–Trinajstić information content (AvgIpc) is 2.40. The zero-order valence-corrected chi connectivity index (χ0v) is 10.8. The van der Waals surface area contributed by atoms with E-state index in [1.54, 1.807) is 11.0 Å². The Bertz CT molecular complexity index is 380. The molecule has 0 unspecified atom stereocenters. The largest absolute Gasteiger partial charge is 0.369 e. The maximum Gasteiger partial charge on any atom is 0.224 e. The SMILES string of the molecule is CCN(CC)C(=O)CCNc1cc(NN)ncn1. The van der Waals surface area contributed by atoms with Crippen LogP contribution in [0.5, 0.6) is 0 Å². The van der Waals surface area contributed by atoms with Crippen molar-refractivity contribution < 1.29 is 4.79 Å². The lowest BCUT2D eigenvalue weighted by Gasteiger charge is -2.18. The first-order valence-corrected chi connectivity index (χ1v) is 6.01. The molecule has 1 amide bonds. The van der Waals surface area contributed by atoms with Gasteiger partial charge in [-0.1, -0.05) is 0 Å². The van der Waals surface area contributed by atoms with Gasteiger partial charge in [-0.05, 0) is 13.8 Å². The summed E-state index contributed by atoms with van der Waals surface area (Å²) >= 11 is 0. The number of hydrogen-bond donors (Lipinski definition) is 3. The van der Waals surface area contributed by atoms with Crippen LogP contribution in [0.4, 0.5) is 11.6 Å². The maximum absolute atomic E-state index is 11.7. The number of nitrogens with one attached hydrogen (secondary N) is 2. The number of carbonyl (C=O) groups excluding carboxylic acids is 1. The zero-order chi connectivity index (χ0) is 13.4. The van der Waals surface area contributed by atoms with Gasteiger partial charge in [0.05, 0.1) is 0 Å². The molecule has 0 saturated carbocycles. The lowest BCUT2D eigenvalue weighted by Crippen LogP contribution is -2.31. The number of amides is 1. The van der Waals surface area contributed by atoms with Gasteiger partial charge in [0.1, 0.15) is 18.0 Å². The first-order valence-electron chi connectivity index (χ1n) is 6.01. The van der Waals surface area contributed by atoms with Gasteiger partial charge in [0.2, 0.25) is 5.91 Å². The van der Waals surface area contributed by atoms with Crippen LogP contribution in [0.2, 0.25) is 0 Å². The summed E-state index contributed by atoms with van der Waals surface area (Å²) in [5.74, 6) is 6.55. The van der Waals surface area contributed by atoms with Crippen molar-refractivity contribution in [3.05, 3.63) is 12.4 Å². The Kier molecular flexibility index (Phi) is 5.86. The third kappa shape index (κ3) is 4.17. The van der Waals surface area contributed by atoms with Crippen molar-refractivity contribution in [3.63, 3.8) is 0 Å². The van der Waals surface area contributed by atoms with E-state index in [2.05, 4.69) is 20.7 Å². The lowest BCUT2D eigenvalue weighted by atomic mass is 10.3. The normalized spacial score (nSPS) is 9.94. The van der Waals surface area contributed by atoms with E-state index in [1.165, 1.54) is 6.33 Å². The van der Waals surface area contributed by atoms with Gasteiger partial charge in [0.25, 0.3) is 0 Å². The minimum absolute atomic E-state index is 0.138. The van der Waals surface area contributed by atoms with Crippen molar-refractivity contribution in [2.75, 3.05) is 30.4 Å². The van der Waals surface area contributed by atoms with Gasteiger partial charge >= 0.3 is 0 Å². The van der Waals surface area contributed by atoms with E-state index in [4.69, 9.17) is 5.84 Å². The molecule has 0 bridgehead atoms. The van der Waals surface area contributed by atoms with Crippen molar-refractivity contribution >= 4 is 17.5 Å². The van der Waals surface area contributed by atoms with Gasteiger partial charge < -0.3 is 15.6 Å². The van der Waals surface area contributed by atoms with Crippen molar-refractivity contribution in [2.45, 2.75) is 20.3 Å². The number of nitrogens with zero attached hydrogens (tertiary/aromatic N) is 3. The molecule has 4 N–H and O–H groups in total. The number of nitrogen functional groups attached to an aromatic ring is 1. The second kappa shape index (κ2) is 7.44. The van der Waals surface area contributed by atoms with E-state index in [0.29, 0.717) is 24.6 Å². The van der Waals surface area contributed by atoms with Crippen molar-refractivity contribution in [1.29, 1.82) is 0 Å². The Hall–Kier alpha value is -1.89. The second-order valence-corrected chi connectivity index (χ2v) is 3.68. The molecule has 1 aromatic heterocycles. The van der Waals surface area contributed by atoms with E-state index in [-0.39, 0.29) is 5.91 Å². The van der Waals surface area contributed by atoms with Crippen molar-refractivity contribution in [1.82, 2.24) is 14.9 Å². The molecule has 7 nitrogen and oxygen atoms in total. The van der Waals surface area contributed by atoms with Gasteiger partial charge in [0, 0.05) is 32.1 Å². The average molecular weight is 252 g/mol. The Balaban J connectivity index is 2.39. The van der Waals surface area contributed by atoms with Crippen LogP contribution in [0.3, 0.4) is 0 Å². The van der Waals surface area contributed by atoms with Crippen LogP contribution >= 0.6 is 0 Å². The number of aromatic nitrogens is 2. The van der Waals surface area contributed by atoms with Crippen LogP contribution in [-0.2, 0) is 4.79 Å². The van der Waals surface area contributed by atoms with Crippen LogP contribution in [0.15, 0.2) is 12.4 Å². The molecule has 0 aromatic carbocycles. The van der Waals surface area contributed by atoms with E-state index in [0.717, 1.165) is 13.1 Å². The van der Waals surface area contributed by atoms with Gasteiger partial charge in [-0.25, -0.2) is 15.8 Å². The molecule has 100 valence electrons. The van der Waals surface area contributed by atoms with Crippen molar-refractivity contribution in [2.24, 2.45) is 5.84 Å². The summed E-state index contributed by atoms with van der Waals surface area (Å²) in [5.41, 5.74) is 2.44. The standard InChI is InChI=1S/C11H20N6O/c1-3-17(4-2)11(18)5-6-13-9-7-10(16-12)15-8-14-9/h7-8H,3-6,12H2,1-2H3,(H2,13,14,15,16). The molecule has 0 radical (unpaired) electrons. The molecule has 0 saturated heterocycles. The summed E-state index contributed by atoms with van der Waals surface area (Å²) in [5, 5.41) is 3.06. The van der Waals surface area contributed by atoms with Gasteiger partial charge in [-0.2, -0.15) is 0 Å². The predicted molar refractivity (Wildman–Crippen MR) is 70.9 cm³/mol. The molecule has 0 aliphatic rings. The Morgan fingerprint density at radius 2 is 2.00 bits per heavy atom. The third-order valence-electron chi connectivity index (χ3n) is 2.58. The molecule has 0 fully saturated rings. The van der Waals surface area contributed by atoms with Crippen LogP contribution in [0, 0.1) is 0 Å². The fraction of sp³-hybridized carbons (Fsp3) is 0.545. The highest BCUT2D eigenvalue weighted by atomic mass is 16.2. The molecule has 1 heterocycles. The highest BCUT2D eigenvalue weighted by Gasteiger charge is 2.08. The number of nitrogens with two attached hydrogens (primary N) is 1. The van der Waals surface area contributed by atoms with Gasteiger partial charge in [-0.15, -0.1) is 0 Å². The molecule has 18 heavy (non-hydrogen) atoms. The van der Waals surface area contributed by atoms with E-state index in [1.807, 2.05) is 13.8 Å². The van der Waals surface area contributed by atoms with Gasteiger partial charge in [-0.3, -0.25) is 4.79 Å². The molecule has 7 heteroatoms. The number of carbonyl (C=O) groups is 1. The second-order valence-electron chi connectivity index (χ2n) is 3.68. The quantitative estimate of drug-likeness (QED) is 0.481. The van der Waals surface area contributed by atoms with E-state index < -0.39 is 0 Å². The van der Waals surface area contributed by atoms with Crippen LogP contribution < -0.4 is 16.6 Å². The summed E-state index contributed by atoms with van der Waals surface area (Å²) < 4.78 is 0. The minimum Gasteiger partial charge on any atom is -0.369 e. The van der Waals surface area contributed by atoms with E-state index in [9.17, 15) is 4.79 Å². The summed E-state index contributed by atoms with van der Waals surface area (Å²) in [7, 11) is 0. The van der Waals surface area contributed by atoms with Crippen LogP contribution in [0.1, 0.15) is 20.3 Å². The molecule has 0 atom stereocenters. The minimum atomic E-state index is 0.138. The number of hydrazine groups is 1. The van der Waals surface area contributed by atoms with Crippen molar-refractivity contribution in [3.8, 4) is 0 Å². The lowest BCUT2D eigenvalue weighted by molar-refractivity contribution is -0.130. The Morgan fingerprint density at radius 1 is 1.33 bits per heavy atom. The van der Waals surface area contributed by atoms with Gasteiger partial charge in [0.15, 0.2) is 0 Å². The Labute approximate surface area is 107 Å². The molecular formula is C11H20N6O. The number of hydrogen-bond acceptors (Lipinski definition) is 6. The molecule has 1 rings (SSSR count). The van der Waals surface area contributed by atoms with Crippen LogP contribution in [-0.4, -0.2) is 40.4 Å². The Morgan fingerprint density at radius 3 is 2.61 bits per heavy atom. The zero-order valence-electron chi connectivity index (χ0n) is 10.8. The number of rotatable bonds is 7. The molecular weight excluding hydrogens is 232 g/mol. The topological polar surface area (TPSA) is 96.2 Å². The van der Waals surface area contributed by atoms with E-state index >= 15 is 0 Å². The third-order valence-corrected chi connectivity index (χ3v) is 2.58. The summed E-state index contributed by atoms with van der Waals surface area (Å²) in [6, 6.07) is 1.68. The summed E-state index contributed by atoms with van der Waals surface area (Å²) in [6.45, 7) is 5.96. The number of anilines is 2. The fourth-order valence-electron chi connectivity index (χ4n) is 1.56.